The van der Waals surface area contributed by atoms with Gasteiger partial charge in [-0.2, -0.15) is 0 Å². The number of hydrogen-bond acceptors (Lipinski definition) is 3. The summed E-state index contributed by atoms with van der Waals surface area (Å²) in [6, 6.07) is 2.05. The molecule has 5 heteroatoms. The number of nitrogens with two attached hydrogens (primary N) is 1. The first-order chi connectivity index (χ1) is 7.61. The third-order valence-electron chi connectivity index (χ3n) is 2.84. The number of hydrogen-bond donors (Lipinski definition) is 2. The molecule has 0 bridgehead atoms. The van der Waals surface area contributed by atoms with Crippen LogP contribution in [-0.2, 0) is 0 Å². The number of nitrogens with one attached hydrogen (secondary N) is 1. The van der Waals surface area contributed by atoms with Gasteiger partial charge in [0.2, 0.25) is 0 Å². The molecule has 0 aliphatic heterocycles. The SMILES string of the molecule is Cc1cc(C(=O)NC(CN)C2CC2)sc1Br. The highest BCUT2D eigenvalue weighted by molar-refractivity contribution is 9.11. The van der Waals surface area contributed by atoms with Crippen molar-refractivity contribution in [1.82, 2.24) is 5.32 Å². The van der Waals surface area contributed by atoms with E-state index in [1.807, 2.05) is 13.0 Å². The minimum Gasteiger partial charge on any atom is -0.347 e. The molecule has 0 spiro atoms. The first kappa shape index (κ1) is 12.1. The van der Waals surface area contributed by atoms with E-state index in [1.54, 1.807) is 0 Å². The fourth-order valence-electron chi connectivity index (χ4n) is 1.68. The van der Waals surface area contributed by atoms with Gasteiger partial charge in [-0.05, 0) is 53.2 Å². The molecule has 1 aliphatic rings. The summed E-state index contributed by atoms with van der Waals surface area (Å²) >= 11 is 4.89. The highest BCUT2D eigenvalue weighted by Gasteiger charge is 2.31. The van der Waals surface area contributed by atoms with E-state index in [2.05, 4.69) is 21.2 Å². The van der Waals surface area contributed by atoms with Gasteiger partial charge in [0.15, 0.2) is 0 Å². The second-order valence-electron chi connectivity index (χ2n) is 4.22. The van der Waals surface area contributed by atoms with Gasteiger partial charge in [-0.1, -0.05) is 0 Å². The zero-order valence-electron chi connectivity index (χ0n) is 9.13. The quantitative estimate of drug-likeness (QED) is 0.896. The normalized spacial score (nSPS) is 17.2. The van der Waals surface area contributed by atoms with Crippen LogP contribution in [0.3, 0.4) is 0 Å². The summed E-state index contributed by atoms with van der Waals surface area (Å²) in [4.78, 5) is 12.7. The summed E-state index contributed by atoms with van der Waals surface area (Å²) in [5.74, 6) is 0.597. The standard InChI is InChI=1S/C11H15BrN2OS/c1-6-4-9(16-10(6)12)11(15)14-8(5-13)7-2-3-7/h4,7-8H,2-3,5,13H2,1H3,(H,14,15). The summed E-state index contributed by atoms with van der Waals surface area (Å²) in [7, 11) is 0. The molecule has 1 aromatic heterocycles. The predicted molar refractivity (Wildman–Crippen MR) is 69.8 cm³/mol. The van der Waals surface area contributed by atoms with Crippen molar-refractivity contribution in [2.24, 2.45) is 11.7 Å². The lowest BCUT2D eigenvalue weighted by Crippen LogP contribution is -2.41. The molecule has 16 heavy (non-hydrogen) atoms. The maximum Gasteiger partial charge on any atom is 0.261 e. The average molecular weight is 303 g/mol. The van der Waals surface area contributed by atoms with E-state index >= 15 is 0 Å². The van der Waals surface area contributed by atoms with Crippen LogP contribution < -0.4 is 11.1 Å². The number of carbonyl (C=O) groups excluding carboxylic acids is 1. The molecule has 1 atom stereocenters. The van der Waals surface area contributed by atoms with Crippen LogP contribution in [0.4, 0.5) is 0 Å². The van der Waals surface area contributed by atoms with Crippen molar-refractivity contribution in [2.45, 2.75) is 25.8 Å². The fourth-order valence-corrected chi connectivity index (χ4v) is 3.12. The first-order valence-electron chi connectivity index (χ1n) is 5.38. The maximum absolute atomic E-state index is 11.9. The van der Waals surface area contributed by atoms with Gasteiger partial charge in [0.05, 0.1) is 8.66 Å². The van der Waals surface area contributed by atoms with Crippen LogP contribution in [0.15, 0.2) is 9.85 Å². The molecule has 1 amide bonds. The van der Waals surface area contributed by atoms with Gasteiger partial charge >= 0.3 is 0 Å². The topological polar surface area (TPSA) is 55.1 Å². The molecule has 3 nitrogen and oxygen atoms in total. The molecule has 2 rings (SSSR count). The number of rotatable bonds is 4. The van der Waals surface area contributed by atoms with Crippen LogP contribution in [0, 0.1) is 12.8 Å². The van der Waals surface area contributed by atoms with E-state index in [9.17, 15) is 4.79 Å². The molecular formula is C11H15BrN2OS. The largest absolute Gasteiger partial charge is 0.347 e. The van der Waals surface area contributed by atoms with E-state index in [4.69, 9.17) is 5.73 Å². The smallest absolute Gasteiger partial charge is 0.261 e. The Bertz CT molecular complexity index is 381. The van der Waals surface area contributed by atoms with Gasteiger partial charge in [0.25, 0.3) is 5.91 Å². The van der Waals surface area contributed by atoms with Crippen LogP contribution in [0.2, 0.25) is 0 Å². The summed E-state index contributed by atoms with van der Waals surface area (Å²) < 4.78 is 1.02. The molecule has 1 heterocycles. The lowest BCUT2D eigenvalue weighted by atomic mass is 10.2. The summed E-state index contributed by atoms with van der Waals surface area (Å²) in [5.41, 5.74) is 6.76. The highest BCUT2D eigenvalue weighted by Crippen LogP contribution is 2.33. The van der Waals surface area contributed by atoms with Gasteiger partial charge in [-0.3, -0.25) is 4.79 Å². The minimum absolute atomic E-state index is 0.00106. The molecule has 0 radical (unpaired) electrons. The van der Waals surface area contributed by atoms with Crippen molar-refractivity contribution in [3.05, 3.63) is 20.3 Å². The Morgan fingerprint density at radius 2 is 2.44 bits per heavy atom. The maximum atomic E-state index is 11.9. The van der Waals surface area contributed by atoms with Gasteiger partial charge in [0, 0.05) is 12.6 Å². The van der Waals surface area contributed by atoms with Crippen molar-refractivity contribution in [3.8, 4) is 0 Å². The third-order valence-corrected chi connectivity index (χ3v) is 4.98. The van der Waals surface area contributed by atoms with Crippen molar-refractivity contribution < 1.29 is 4.79 Å². The van der Waals surface area contributed by atoms with Crippen molar-refractivity contribution >= 4 is 33.2 Å². The molecular weight excluding hydrogens is 288 g/mol. The second kappa shape index (κ2) is 4.85. The summed E-state index contributed by atoms with van der Waals surface area (Å²) in [5, 5.41) is 3.01. The van der Waals surface area contributed by atoms with Gasteiger partial charge in [-0.25, -0.2) is 0 Å². The number of carbonyl (C=O) groups is 1. The number of halogens is 1. The third kappa shape index (κ3) is 2.64. The molecule has 0 aromatic carbocycles. The lowest BCUT2D eigenvalue weighted by molar-refractivity contribution is 0.0937. The molecule has 3 N–H and O–H groups in total. The molecule has 1 unspecified atom stereocenters. The fraction of sp³-hybridized carbons (Fsp3) is 0.545. The average Bonchev–Trinajstić information content (AvgIpc) is 3.03. The Labute approximate surface area is 108 Å². The Kier molecular flexibility index (Phi) is 3.66. The van der Waals surface area contributed by atoms with E-state index in [1.165, 1.54) is 24.2 Å². The first-order valence-corrected chi connectivity index (χ1v) is 6.99. The number of thiophene rings is 1. The Morgan fingerprint density at radius 1 is 1.75 bits per heavy atom. The van der Waals surface area contributed by atoms with Crippen LogP contribution in [-0.4, -0.2) is 18.5 Å². The lowest BCUT2D eigenvalue weighted by Gasteiger charge is -2.14. The predicted octanol–water partition coefficient (Wildman–Crippen LogP) is 2.29. The molecule has 1 saturated carbocycles. The summed E-state index contributed by atoms with van der Waals surface area (Å²) in [6.45, 7) is 2.51. The van der Waals surface area contributed by atoms with Gasteiger partial charge in [-0.15, -0.1) is 11.3 Å². The molecule has 1 aliphatic carbocycles. The minimum atomic E-state index is 0.00106. The monoisotopic (exact) mass is 302 g/mol. The van der Waals surface area contributed by atoms with E-state index in [-0.39, 0.29) is 11.9 Å². The van der Waals surface area contributed by atoms with Gasteiger partial charge in [0.1, 0.15) is 0 Å². The Balaban J connectivity index is 2.01. The molecule has 1 aromatic rings. The Morgan fingerprint density at radius 3 is 2.88 bits per heavy atom. The molecule has 0 saturated heterocycles. The highest BCUT2D eigenvalue weighted by atomic mass is 79.9. The van der Waals surface area contributed by atoms with Crippen molar-refractivity contribution in [2.75, 3.05) is 6.54 Å². The second-order valence-corrected chi connectivity index (χ2v) is 6.59. The Hall–Kier alpha value is -0.390. The van der Waals surface area contributed by atoms with Crippen LogP contribution in [0.1, 0.15) is 28.1 Å². The van der Waals surface area contributed by atoms with Crippen LogP contribution in [0.5, 0.6) is 0 Å². The van der Waals surface area contributed by atoms with Gasteiger partial charge < -0.3 is 11.1 Å². The van der Waals surface area contributed by atoms with Crippen LogP contribution in [0.25, 0.3) is 0 Å². The number of amides is 1. The zero-order valence-corrected chi connectivity index (χ0v) is 11.5. The van der Waals surface area contributed by atoms with Crippen LogP contribution >= 0.6 is 27.3 Å². The van der Waals surface area contributed by atoms with E-state index in [0.29, 0.717) is 12.5 Å². The zero-order chi connectivity index (χ0) is 11.7. The molecule has 88 valence electrons. The van der Waals surface area contributed by atoms with E-state index in [0.717, 1.165) is 14.2 Å². The molecule has 1 fully saturated rings. The van der Waals surface area contributed by atoms with Crippen molar-refractivity contribution in [3.63, 3.8) is 0 Å². The summed E-state index contributed by atoms with van der Waals surface area (Å²) in [6.07, 6.45) is 2.38. The number of aryl methyl sites for hydroxylation is 1. The van der Waals surface area contributed by atoms with Crippen molar-refractivity contribution in [1.29, 1.82) is 0 Å². The van der Waals surface area contributed by atoms with E-state index < -0.39 is 0 Å².